The Kier molecular flexibility index (Phi) is 9.60. The molecule has 1 aromatic rings. The fourth-order valence-electron chi connectivity index (χ4n) is 2.98. The number of hydrogen-bond donors (Lipinski definition) is 3. The molecule has 2 amide bonds. The highest BCUT2D eigenvalue weighted by molar-refractivity contribution is 5.98. The highest BCUT2D eigenvalue weighted by atomic mass is 19.4. The molecule has 162 valence electrons. The summed E-state index contributed by atoms with van der Waals surface area (Å²) in [6.45, 7) is 6.13. The molecule has 0 radical (unpaired) electrons. The quantitative estimate of drug-likeness (QED) is 0.619. The molecule has 1 aromatic carbocycles. The molecule has 1 fully saturated rings. The number of halogens is 3. The minimum Gasteiger partial charge on any atom is -0.483 e. The summed E-state index contributed by atoms with van der Waals surface area (Å²) >= 11 is 0. The lowest BCUT2D eigenvalue weighted by Gasteiger charge is -2.21. The SMILES string of the molecule is Cc1ccc(C(=O)NC(C)CN2CCCC2)cc1NC(=O)CC(F)(F)F.O=CO. The lowest BCUT2D eigenvalue weighted by molar-refractivity contribution is -0.150. The van der Waals surface area contributed by atoms with Crippen LogP contribution in [0.3, 0.4) is 0 Å². The molecule has 1 saturated heterocycles. The molecule has 1 heterocycles. The van der Waals surface area contributed by atoms with Crippen molar-refractivity contribution in [3.05, 3.63) is 29.3 Å². The zero-order valence-corrected chi connectivity index (χ0v) is 16.4. The van der Waals surface area contributed by atoms with E-state index in [2.05, 4.69) is 15.5 Å². The predicted octanol–water partition coefficient (Wildman–Crippen LogP) is 2.80. The number of hydrogen-bond acceptors (Lipinski definition) is 4. The zero-order valence-electron chi connectivity index (χ0n) is 16.4. The van der Waals surface area contributed by atoms with Gasteiger partial charge in [0.1, 0.15) is 6.42 Å². The van der Waals surface area contributed by atoms with Crippen LogP contribution >= 0.6 is 0 Å². The average Bonchev–Trinajstić information content (AvgIpc) is 3.08. The van der Waals surface area contributed by atoms with E-state index < -0.39 is 18.5 Å². The van der Waals surface area contributed by atoms with Gasteiger partial charge in [-0.15, -0.1) is 0 Å². The summed E-state index contributed by atoms with van der Waals surface area (Å²) in [4.78, 5) is 34.5. The molecule has 0 aliphatic carbocycles. The molecule has 0 bridgehead atoms. The first-order valence-electron chi connectivity index (χ1n) is 9.14. The summed E-state index contributed by atoms with van der Waals surface area (Å²) in [5.41, 5.74) is 1.09. The van der Waals surface area contributed by atoms with Crippen molar-refractivity contribution >= 4 is 24.0 Å². The third-order valence-corrected chi connectivity index (χ3v) is 4.24. The lowest BCUT2D eigenvalue weighted by atomic mass is 10.1. The van der Waals surface area contributed by atoms with Gasteiger partial charge < -0.3 is 20.6 Å². The van der Waals surface area contributed by atoms with Crippen molar-refractivity contribution in [2.24, 2.45) is 0 Å². The Morgan fingerprint density at radius 2 is 1.86 bits per heavy atom. The number of amides is 2. The van der Waals surface area contributed by atoms with Crippen molar-refractivity contribution < 1.29 is 32.7 Å². The molecule has 7 nitrogen and oxygen atoms in total. The zero-order chi connectivity index (χ0) is 22.0. The standard InChI is InChI=1S/C18H24F3N3O2.CH2O2/c1-12-5-6-14(9-15(12)23-16(25)10-18(19,20)21)17(26)22-13(2)11-24-7-3-4-8-24;2-1-3/h5-6,9,13H,3-4,7-8,10-11H2,1-2H3,(H,22,26)(H,23,25);1H,(H,2,3). The second-order valence-corrected chi connectivity index (χ2v) is 6.86. The maximum absolute atomic E-state index is 12.4. The normalized spacial score (nSPS) is 15.1. The molecule has 10 heteroatoms. The number of carbonyl (C=O) groups is 3. The van der Waals surface area contributed by atoms with E-state index in [4.69, 9.17) is 9.90 Å². The molecule has 1 aliphatic rings. The fraction of sp³-hybridized carbons (Fsp3) is 0.526. The van der Waals surface area contributed by atoms with Crippen LogP contribution in [0.2, 0.25) is 0 Å². The van der Waals surface area contributed by atoms with Crippen LogP contribution < -0.4 is 10.6 Å². The number of nitrogens with one attached hydrogen (secondary N) is 2. The maximum Gasteiger partial charge on any atom is 0.397 e. The Morgan fingerprint density at radius 1 is 1.28 bits per heavy atom. The van der Waals surface area contributed by atoms with E-state index in [0.29, 0.717) is 11.1 Å². The molecular formula is C19H26F3N3O4. The number of benzene rings is 1. The minimum absolute atomic E-state index is 0.0508. The van der Waals surface area contributed by atoms with Crippen LogP contribution in [0, 0.1) is 6.92 Å². The van der Waals surface area contributed by atoms with E-state index in [1.54, 1.807) is 19.1 Å². The Morgan fingerprint density at radius 3 is 2.41 bits per heavy atom. The van der Waals surface area contributed by atoms with E-state index >= 15 is 0 Å². The number of carboxylic acid groups (broad SMARTS) is 1. The summed E-state index contributed by atoms with van der Waals surface area (Å²) < 4.78 is 36.9. The fourth-order valence-corrected chi connectivity index (χ4v) is 2.98. The van der Waals surface area contributed by atoms with E-state index in [0.717, 1.165) is 19.6 Å². The minimum atomic E-state index is -4.57. The van der Waals surface area contributed by atoms with Crippen LogP contribution in [0.15, 0.2) is 18.2 Å². The van der Waals surface area contributed by atoms with Gasteiger partial charge >= 0.3 is 6.18 Å². The third kappa shape index (κ3) is 9.42. The van der Waals surface area contributed by atoms with E-state index in [9.17, 15) is 22.8 Å². The summed E-state index contributed by atoms with van der Waals surface area (Å²) in [6, 6.07) is 4.54. The number of anilines is 1. The van der Waals surface area contributed by atoms with E-state index in [1.807, 2.05) is 6.92 Å². The van der Waals surface area contributed by atoms with Crippen molar-refractivity contribution in [1.82, 2.24) is 10.2 Å². The van der Waals surface area contributed by atoms with Gasteiger partial charge in [0.05, 0.1) is 0 Å². The number of alkyl halides is 3. The van der Waals surface area contributed by atoms with Gasteiger partial charge in [0, 0.05) is 23.8 Å². The number of likely N-dealkylation sites (tertiary alicyclic amines) is 1. The molecule has 0 spiro atoms. The van der Waals surface area contributed by atoms with Crippen LogP contribution in [0.25, 0.3) is 0 Å². The van der Waals surface area contributed by atoms with Crippen molar-refractivity contribution in [2.45, 2.75) is 45.3 Å². The van der Waals surface area contributed by atoms with Gasteiger partial charge in [0.15, 0.2) is 0 Å². The van der Waals surface area contributed by atoms with Crippen molar-refractivity contribution in [2.75, 3.05) is 25.0 Å². The molecular weight excluding hydrogens is 391 g/mol. The number of carbonyl (C=O) groups excluding carboxylic acids is 2. The van der Waals surface area contributed by atoms with E-state index in [-0.39, 0.29) is 24.1 Å². The van der Waals surface area contributed by atoms with Gasteiger partial charge in [0.25, 0.3) is 12.4 Å². The van der Waals surface area contributed by atoms with Gasteiger partial charge in [-0.2, -0.15) is 13.2 Å². The summed E-state index contributed by atoms with van der Waals surface area (Å²) in [5.74, 6) is -1.47. The van der Waals surface area contributed by atoms with Gasteiger partial charge in [0.2, 0.25) is 5.91 Å². The van der Waals surface area contributed by atoms with Crippen LogP contribution in [0.4, 0.5) is 18.9 Å². The summed E-state index contributed by atoms with van der Waals surface area (Å²) in [7, 11) is 0. The Balaban J connectivity index is 0.00000132. The lowest BCUT2D eigenvalue weighted by Crippen LogP contribution is -2.41. The van der Waals surface area contributed by atoms with Gasteiger partial charge in [-0.1, -0.05) is 6.07 Å². The molecule has 0 aromatic heterocycles. The maximum atomic E-state index is 12.4. The second kappa shape index (κ2) is 11.4. The number of aryl methyl sites for hydroxylation is 1. The smallest absolute Gasteiger partial charge is 0.397 e. The summed E-state index contributed by atoms with van der Waals surface area (Å²) in [5, 5.41) is 12.0. The van der Waals surface area contributed by atoms with Gasteiger partial charge in [-0.3, -0.25) is 14.4 Å². The molecule has 29 heavy (non-hydrogen) atoms. The van der Waals surface area contributed by atoms with Crippen LogP contribution in [0.1, 0.15) is 42.1 Å². The highest BCUT2D eigenvalue weighted by Crippen LogP contribution is 2.22. The molecule has 2 rings (SSSR count). The number of rotatable bonds is 6. The predicted molar refractivity (Wildman–Crippen MR) is 102 cm³/mol. The molecule has 0 saturated carbocycles. The molecule has 1 aliphatic heterocycles. The van der Waals surface area contributed by atoms with Gasteiger partial charge in [-0.05, 0) is 57.5 Å². The van der Waals surface area contributed by atoms with Crippen molar-refractivity contribution in [3.63, 3.8) is 0 Å². The first-order valence-corrected chi connectivity index (χ1v) is 9.14. The van der Waals surface area contributed by atoms with Crippen molar-refractivity contribution in [3.8, 4) is 0 Å². The first-order chi connectivity index (χ1) is 13.6. The molecule has 1 atom stereocenters. The molecule has 3 N–H and O–H groups in total. The first kappa shape index (κ1) is 24.4. The number of nitrogens with zero attached hydrogens (tertiary/aromatic N) is 1. The van der Waals surface area contributed by atoms with E-state index in [1.165, 1.54) is 18.9 Å². The van der Waals surface area contributed by atoms with Crippen molar-refractivity contribution in [1.29, 1.82) is 0 Å². The van der Waals surface area contributed by atoms with Crippen LogP contribution in [-0.2, 0) is 9.59 Å². The van der Waals surface area contributed by atoms with Crippen LogP contribution in [-0.4, -0.2) is 60.1 Å². The highest BCUT2D eigenvalue weighted by Gasteiger charge is 2.31. The molecule has 1 unspecified atom stereocenters. The van der Waals surface area contributed by atoms with Crippen LogP contribution in [0.5, 0.6) is 0 Å². The Labute approximate surface area is 167 Å². The topological polar surface area (TPSA) is 98.7 Å². The Hall–Kier alpha value is -2.62. The average molecular weight is 417 g/mol. The second-order valence-electron chi connectivity index (χ2n) is 6.86. The third-order valence-electron chi connectivity index (χ3n) is 4.24. The largest absolute Gasteiger partial charge is 0.483 e. The monoisotopic (exact) mass is 417 g/mol. The van der Waals surface area contributed by atoms with Gasteiger partial charge in [-0.25, -0.2) is 0 Å². The summed E-state index contributed by atoms with van der Waals surface area (Å²) in [6.07, 6.45) is -3.80. The Bertz CT molecular complexity index is 704.